The number of benzene rings is 1. The summed E-state index contributed by atoms with van der Waals surface area (Å²) < 4.78 is 0.910. The van der Waals surface area contributed by atoms with Gasteiger partial charge in [-0.1, -0.05) is 22.0 Å². The molecule has 0 spiro atoms. The van der Waals surface area contributed by atoms with E-state index in [1.165, 1.54) is 5.01 Å². The summed E-state index contributed by atoms with van der Waals surface area (Å²) in [5.74, 6) is -0.408. The van der Waals surface area contributed by atoms with Crippen LogP contribution in [-0.2, 0) is 16.1 Å². The van der Waals surface area contributed by atoms with Gasteiger partial charge in [0.25, 0.3) is 5.91 Å². The molecule has 0 unspecified atom stereocenters. The first kappa shape index (κ1) is 16.3. The molecule has 6 nitrogen and oxygen atoms in total. The van der Waals surface area contributed by atoms with Crippen molar-refractivity contribution in [2.45, 2.75) is 19.4 Å². The Hall–Kier alpha value is -2.54. The molecule has 0 saturated carbocycles. The van der Waals surface area contributed by atoms with E-state index < -0.39 is 0 Å². The molecule has 2 aromatic rings. The highest BCUT2D eigenvalue weighted by Crippen LogP contribution is 2.22. The third kappa shape index (κ3) is 3.86. The fraction of sp³-hybridized carbons (Fsp3) is 0.176. The number of amides is 2. The molecule has 2 heterocycles. The number of nitrogens with zero attached hydrogens (tertiary/aromatic N) is 3. The summed E-state index contributed by atoms with van der Waals surface area (Å²) in [4.78, 5) is 28.5. The van der Waals surface area contributed by atoms with E-state index in [9.17, 15) is 9.59 Å². The van der Waals surface area contributed by atoms with Crippen molar-refractivity contribution in [3.8, 4) is 0 Å². The van der Waals surface area contributed by atoms with Crippen LogP contribution in [0.3, 0.4) is 0 Å². The van der Waals surface area contributed by atoms with Crippen LogP contribution in [0.1, 0.15) is 18.5 Å². The van der Waals surface area contributed by atoms with Gasteiger partial charge in [0.15, 0.2) is 0 Å². The van der Waals surface area contributed by atoms with Gasteiger partial charge in [0.2, 0.25) is 5.91 Å². The zero-order chi connectivity index (χ0) is 16.9. The number of halogens is 1. The molecule has 0 atom stereocenters. The predicted octanol–water partition coefficient (Wildman–Crippen LogP) is 2.64. The summed E-state index contributed by atoms with van der Waals surface area (Å²) in [6.45, 7) is 0.324. The Morgan fingerprint density at radius 3 is 2.67 bits per heavy atom. The Morgan fingerprint density at radius 2 is 1.96 bits per heavy atom. The summed E-state index contributed by atoms with van der Waals surface area (Å²) in [6, 6.07) is 12.7. The first-order valence-electron chi connectivity index (χ1n) is 7.47. The van der Waals surface area contributed by atoms with Gasteiger partial charge in [0, 0.05) is 23.5 Å². The molecule has 24 heavy (non-hydrogen) atoms. The second-order valence-corrected chi connectivity index (χ2v) is 6.15. The number of carbonyl (C=O) groups excluding carboxylic acids is 2. The van der Waals surface area contributed by atoms with Crippen LogP contribution < -0.4 is 10.3 Å². The Labute approximate surface area is 147 Å². The van der Waals surface area contributed by atoms with E-state index in [-0.39, 0.29) is 18.2 Å². The highest BCUT2D eigenvalue weighted by atomic mass is 79.9. The molecule has 1 aliphatic heterocycles. The van der Waals surface area contributed by atoms with Crippen molar-refractivity contribution in [2.24, 2.45) is 5.10 Å². The normalized spacial score (nSPS) is 14.3. The number of pyridine rings is 1. The van der Waals surface area contributed by atoms with Crippen LogP contribution in [0.2, 0.25) is 0 Å². The van der Waals surface area contributed by atoms with Crippen molar-refractivity contribution in [3.05, 3.63) is 58.8 Å². The lowest BCUT2D eigenvalue weighted by molar-refractivity contribution is -0.119. The Balaban J connectivity index is 1.72. The molecule has 1 aliphatic rings. The minimum Gasteiger partial charge on any atom is -0.345 e. The van der Waals surface area contributed by atoms with Gasteiger partial charge in [0.1, 0.15) is 5.71 Å². The van der Waals surface area contributed by atoms with Crippen LogP contribution in [-0.4, -0.2) is 22.5 Å². The molecule has 1 N–H and O–H groups in total. The second kappa shape index (κ2) is 7.35. The van der Waals surface area contributed by atoms with E-state index >= 15 is 0 Å². The lowest BCUT2D eigenvalue weighted by atomic mass is 10.1. The Morgan fingerprint density at radius 1 is 1.17 bits per heavy atom. The number of hydrazone groups is 1. The van der Waals surface area contributed by atoms with E-state index in [1.54, 1.807) is 18.3 Å². The minimum absolute atomic E-state index is 0.126. The van der Waals surface area contributed by atoms with Crippen LogP contribution in [0.5, 0.6) is 0 Å². The molecule has 0 fully saturated rings. The lowest BCUT2D eigenvalue weighted by Crippen LogP contribution is -2.39. The van der Waals surface area contributed by atoms with Crippen LogP contribution in [0.25, 0.3) is 0 Å². The summed E-state index contributed by atoms with van der Waals surface area (Å²) in [7, 11) is 0. The standard InChI is InChI=1S/C17H15BrN4O2/c18-12-4-6-14(7-5-12)22-16(23)9-8-15(21-22)17(24)20-11-13-3-1-2-10-19-13/h1-7,10H,8-9,11H2,(H,20,24). The third-order valence-electron chi connectivity index (χ3n) is 3.52. The Bertz CT molecular complexity index is 775. The molecule has 0 aliphatic carbocycles. The first-order chi connectivity index (χ1) is 11.6. The molecular formula is C17H15BrN4O2. The van der Waals surface area contributed by atoms with E-state index in [0.29, 0.717) is 24.4 Å². The molecule has 1 aromatic heterocycles. The maximum absolute atomic E-state index is 12.3. The number of hydrogen-bond donors (Lipinski definition) is 1. The van der Waals surface area contributed by atoms with Gasteiger partial charge < -0.3 is 5.32 Å². The number of anilines is 1. The topological polar surface area (TPSA) is 74.7 Å². The van der Waals surface area contributed by atoms with Crippen molar-refractivity contribution in [1.82, 2.24) is 10.3 Å². The number of rotatable bonds is 4. The van der Waals surface area contributed by atoms with Gasteiger partial charge in [0.05, 0.1) is 17.9 Å². The SMILES string of the molecule is O=C(NCc1ccccn1)C1=NN(c2ccc(Br)cc2)C(=O)CC1. The minimum atomic E-state index is -0.282. The quantitative estimate of drug-likeness (QED) is 0.877. The van der Waals surface area contributed by atoms with Crippen molar-refractivity contribution >= 4 is 39.1 Å². The Kier molecular flexibility index (Phi) is 5.00. The van der Waals surface area contributed by atoms with E-state index in [0.717, 1.165) is 10.2 Å². The zero-order valence-corrected chi connectivity index (χ0v) is 14.4. The maximum Gasteiger partial charge on any atom is 0.267 e. The van der Waals surface area contributed by atoms with Crippen molar-refractivity contribution in [1.29, 1.82) is 0 Å². The van der Waals surface area contributed by atoms with Gasteiger partial charge in [-0.05, 0) is 36.4 Å². The average molecular weight is 387 g/mol. The number of carbonyl (C=O) groups is 2. The van der Waals surface area contributed by atoms with E-state index in [1.807, 2.05) is 30.3 Å². The third-order valence-corrected chi connectivity index (χ3v) is 4.05. The van der Waals surface area contributed by atoms with Gasteiger partial charge in [-0.2, -0.15) is 5.10 Å². The predicted molar refractivity (Wildman–Crippen MR) is 94.4 cm³/mol. The zero-order valence-electron chi connectivity index (χ0n) is 12.8. The molecule has 1 aromatic carbocycles. The number of nitrogens with one attached hydrogen (secondary N) is 1. The number of hydrogen-bond acceptors (Lipinski definition) is 4. The molecular weight excluding hydrogens is 372 g/mol. The lowest BCUT2D eigenvalue weighted by Gasteiger charge is -2.23. The van der Waals surface area contributed by atoms with Gasteiger partial charge in [-0.15, -0.1) is 0 Å². The summed E-state index contributed by atoms with van der Waals surface area (Å²) in [5, 5.41) is 8.30. The fourth-order valence-corrected chi connectivity index (χ4v) is 2.54. The van der Waals surface area contributed by atoms with Crippen molar-refractivity contribution in [2.75, 3.05) is 5.01 Å². The average Bonchev–Trinajstić information content (AvgIpc) is 2.62. The smallest absolute Gasteiger partial charge is 0.267 e. The summed E-state index contributed by atoms with van der Waals surface area (Å²) in [5.41, 5.74) is 1.74. The molecule has 0 saturated heterocycles. The van der Waals surface area contributed by atoms with E-state index in [4.69, 9.17) is 0 Å². The van der Waals surface area contributed by atoms with Gasteiger partial charge in [-0.3, -0.25) is 14.6 Å². The first-order valence-corrected chi connectivity index (χ1v) is 8.27. The van der Waals surface area contributed by atoms with Crippen LogP contribution in [0.4, 0.5) is 5.69 Å². The molecule has 2 amide bonds. The molecule has 3 rings (SSSR count). The van der Waals surface area contributed by atoms with Crippen LogP contribution in [0, 0.1) is 0 Å². The van der Waals surface area contributed by atoms with E-state index in [2.05, 4.69) is 31.3 Å². The molecule has 7 heteroatoms. The molecule has 122 valence electrons. The number of aromatic nitrogens is 1. The summed E-state index contributed by atoms with van der Waals surface area (Å²) in [6.07, 6.45) is 2.26. The summed E-state index contributed by atoms with van der Waals surface area (Å²) >= 11 is 3.35. The van der Waals surface area contributed by atoms with Crippen LogP contribution >= 0.6 is 15.9 Å². The van der Waals surface area contributed by atoms with Gasteiger partial charge >= 0.3 is 0 Å². The van der Waals surface area contributed by atoms with Crippen molar-refractivity contribution < 1.29 is 9.59 Å². The van der Waals surface area contributed by atoms with Gasteiger partial charge in [-0.25, -0.2) is 5.01 Å². The van der Waals surface area contributed by atoms with Crippen molar-refractivity contribution in [3.63, 3.8) is 0 Å². The highest BCUT2D eigenvalue weighted by molar-refractivity contribution is 9.10. The maximum atomic E-state index is 12.3. The second-order valence-electron chi connectivity index (χ2n) is 5.23. The highest BCUT2D eigenvalue weighted by Gasteiger charge is 2.25. The fourth-order valence-electron chi connectivity index (χ4n) is 2.28. The van der Waals surface area contributed by atoms with Crippen LogP contribution in [0.15, 0.2) is 58.2 Å². The molecule has 0 bridgehead atoms. The molecule has 0 radical (unpaired) electrons. The monoisotopic (exact) mass is 386 g/mol. The largest absolute Gasteiger partial charge is 0.345 e.